The van der Waals surface area contributed by atoms with Crippen LogP contribution < -0.4 is 0 Å². The molecule has 0 atom stereocenters. The summed E-state index contributed by atoms with van der Waals surface area (Å²) in [5.74, 6) is 0. The molecule has 0 aromatic heterocycles. The van der Waals surface area contributed by atoms with Crippen LogP contribution in [0, 0.1) is 38.6 Å². The molecular formula is O4Tb-5. The first kappa shape index (κ1) is 127. The first-order valence-electron chi connectivity index (χ1n) is 0. The van der Waals surface area contributed by atoms with E-state index in [-0.39, 0.29) is 60.5 Å². The summed E-state index contributed by atoms with van der Waals surface area (Å²) < 4.78 is 0. The van der Waals surface area contributed by atoms with E-state index in [0.29, 0.717) is 0 Å². The molecule has 0 aromatic rings. The van der Waals surface area contributed by atoms with Crippen LogP contribution in [0.3, 0.4) is 0 Å². The van der Waals surface area contributed by atoms with Gasteiger partial charge in [-0.05, 0) is 0 Å². The molecule has 0 rings (SSSR count). The summed E-state index contributed by atoms with van der Waals surface area (Å²) in [6.07, 6.45) is 0. The average Bonchev–Trinajstić information content (AvgIpc) is 0. The van der Waals surface area contributed by atoms with E-state index >= 15 is 0 Å². The van der Waals surface area contributed by atoms with E-state index in [1.165, 1.54) is 0 Å². The van der Waals surface area contributed by atoms with Crippen molar-refractivity contribution in [2.24, 2.45) is 0 Å². The molecule has 4 nitrogen and oxygen atoms in total. The van der Waals surface area contributed by atoms with Crippen molar-refractivity contribution in [3.8, 4) is 0 Å². The van der Waals surface area contributed by atoms with E-state index in [1.807, 2.05) is 0 Å². The van der Waals surface area contributed by atoms with Crippen molar-refractivity contribution in [2.45, 2.75) is 0 Å². The van der Waals surface area contributed by atoms with Crippen LogP contribution in [0.15, 0.2) is 0 Å². The summed E-state index contributed by atoms with van der Waals surface area (Å²) in [5, 5.41) is 0. The Balaban J connectivity index is 0. The average molecular weight is 223 g/mol. The predicted octanol–water partition coefficient (Wildman–Crippen LogP) is -0.475. The van der Waals surface area contributed by atoms with E-state index < -0.39 is 0 Å². The second-order valence-corrected chi connectivity index (χ2v) is 0. The molecule has 0 saturated carbocycles. The first-order chi connectivity index (χ1) is 0. The fraction of sp³-hybridized carbons (Fsp3) is 0. The van der Waals surface area contributed by atoms with Crippen LogP contribution in [0.25, 0.3) is 0 Å². The number of rotatable bonds is 0. The van der Waals surface area contributed by atoms with E-state index in [1.54, 1.807) is 0 Å². The maximum Gasteiger partial charge on any atom is 3.00 e. The molecule has 0 aromatic carbocycles. The molecule has 0 aliphatic heterocycles. The second-order valence-electron chi connectivity index (χ2n) is 0. The van der Waals surface area contributed by atoms with Crippen LogP contribution in [0.2, 0.25) is 0 Å². The van der Waals surface area contributed by atoms with Crippen molar-refractivity contribution in [2.75, 3.05) is 0 Å². The van der Waals surface area contributed by atoms with Crippen LogP contribution in [-0.4, -0.2) is 0 Å². The molecule has 0 saturated heterocycles. The van der Waals surface area contributed by atoms with Crippen LogP contribution >= 0.6 is 0 Å². The predicted molar refractivity (Wildman–Crippen MR) is 2.75 cm³/mol. The summed E-state index contributed by atoms with van der Waals surface area (Å²) in [4.78, 5) is 0. The van der Waals surface area contributed by atoms with Crippen molar-refractivity contribution in [1.82, 2.24) is 0 Å². The molecule has 0 N–H and O–H groups in total. The third-order valence-corrected chi connectivity index (χ3v) is 0. The zero-order chi connectivity index (χ0) is 0. The van der Waals surface area contributed by atoms with Gasteiger partial charge in [-0.1, -0.05) is 0 Å². The van der Waals surface area contributed by atoms with E-state index in [0.717, 1.165) is 0 Å². The number of hydrogen-bond donors (Lipinski definition) is 0. The smallest absolute Gasteiger partial charge is 2.00 e. The molecule has 0 bridgehead atoms. The van der Waals surface area contributed by atoms with Gasteiger partial charge in [-0.2, -0.15) is 0 Å². The largest absolute Gasteiger partial charge is 3.00 e. The van der Waals surface area contributed by atoms with Gasteiger partial charge in [-0.25, -0.2) is 0 Å². The van der Waals surface area contributed by atoms with E-state index in [4.69, 9.17) is 0 Å². The Morgan fingerprint density at radius 1 is 0.400 bits per heavy atom. The number of hydrogen-bond acceptors (Lipinski definition) is 0. The normalized spacial score (nSPS) is 0. The van der Waals surface area contributed by atoms with Crippen molar-refractivity contribution >= 4 is 0 Å². The summed E-state index contributed by atoms with van der Waals surface area (Å²) in [6.45, 7) is 0. The standard InChI is InChI=1S/4O.Tb/q4*-2;+3. The van der Waals surface area contributed by atoms with Gasteiger partial charge in [0.05, 0.1) is 0 Å². The van der Waals surface area contributed by atoms with Crippen molar-refractivity contribution in [3.05, 3.63) is 0 Å². The molecule has 5 heteroatoms. The molecule has 0 aliphatic carbocycles. The minimum Gasteiger partial charge on any atom is -2.00 e. The monoisotopic (exact) mass is 223 g/mol. The van der Waals surface area contributed by atoms with Crippen LogP contribution in [0.4, 0.5) is 0 Å². The molecular weight excluding hydrogens is 223 g/mol. The zero-order valence-corrected chi connectivity index (χ0v) is 4.11. The first-order valence-corrected chi connectivity index (χ1v) is 0. The molecule has 5 heavy (non-hydrogen) atoms. The summed E-state index contributed by atoms with van der Waals surface area (Å²) in [7, 11) is 0. The van der Waals surface area contributed by atoms with Gasteiger partial charge >= 0.3 is 38.6 Å². The van der Waals surface area contributed by atoms with Gasteiger partial charge < -0.3 is 21.9 Å². The van der Waals surface area contributed by atoms with Crippen LogP contribution in [0.5, 0.6) is 0 Å². The van der Waals surface area contributed by atoms with Crippen LogP contribution in [-0.2, 0) is 21.9 Å². The molecule has 0 radical (unpaired) electrons. The second kappa shape index (κ2) is 68.8. The fourth-order valence-corrected chi connectivity index (χ4v) is 0. The molecule has 0 heterocycles. The van der Waals surface area contributed by atoms with Crippen molar-refractivity contribution in [3.63, 3.8) is 0 Å². The summed E-state index contributed by atoms with van der Waals surface area (Å²) in [5.41, 5.74) is 0. The Hall–Kier alpha value is 1.13. The fourth-order valence-electron chi connectivity index (χ4n) is 0. The van der Waals surface area contributed by atoms with Crippen LogP contribution in [0.1, 0.15) is 0 Å². The molecule has 0 unspecified atom stereocenters. The van der Waals surface area contributed by atoms with E-state index in [2.05, 4.69) is 0 Å². The minimum atomic E-state index is 0. The third kappa shape index (κ3) is 39.5. The van der Waals surface area contributed by atoms with Gasteiger partial charge in [0, 0.05) is 0 Å². The molecule has 0 spiro atoms. The topological polar surface area (TPSA) is 114 Å². The van der Waals surface area contributed by atoms with Crippen molar-refractivity contribution < 1.29 is 60.5 Å². The van der Waals surface area contributed by atoms with E-state index in [9.17, 15) is 0 Å². The SMILES string of the molecule is [O-2].[O-2].[O-2].[O-2].[Tb+3]. The molecule has 0 aliphatic rings. The van der Waals surface area contributed by atoms with Gasteiger partial charge in [-0.3, -0.25) is 0 Å². The Labute approximate surface area is 60.2 Å². The Kier molecular flexibility index (Phi) is 1750. The summed E-state index contributed by atoms with van der Waals surface area (Å²) in [6, 6.07) is 0. The van der Waals surface area contributed by atoms with Gasteiger partial charge in [0.25, 0.3) is 0 Å². The van der Waals surface area contributed by atoms with Gasteiger partial charge in [0.2, 0.25) is 0 Å². The van der Waals surface area contributed by atoms with Gasteiger partial charge in [0.1, 0.15) is 0 Å². The Bertz CT molecular complexity index is 3.61. The molecule has 0 amide bonds. The maximum atomic E-state index is 0. The maximum absolute atomic E-state index is 0. The van der Waals surface area contributed by atoms with Gasteiger partial charge in [0.15, 0.2) is 0 Å². The Morgan fingerprint density at radius 3 is 0.400 bits per heavy atom. The molecule has 38 valence electrons. The van der Waals surface area contributed by atoms with Gasteiger partial charge in [-0.15, -0.1) is 0 Å². The zero-order valence-electron chi connectivity index (χ0n) is 1.97. The third-order valence-electron chi connectivity index (χ3n) is 0. The quantitative estimate of drug-likeness (QED) is 0.527. The summed E-state index contributed by atoms with van der Waals surface area (Å²) >= 11 is 0. The molecule has 0 fully saturated rings. The Morgan fingerprint density at radius 2 is 0.400 bits per heavy atom. The van der Waals surface area contributed by atoms with Crippen molar-refractivity contribution in [1.29, 1.82) is 0 Å². The minimum absolute atomic E-state index is 0.